The Labute approximate surface area is 264 Å². The third kappa shape index (κ3) is 5.22. The number of carbonyl (C=O) groups excluding carboxylic acids is 1. The number of piperidine rings is 1. The van der Waals surface area contributed by atoms with Crippen LogP contribution in [0.1, 0.15) is 42.6 Å². The Morgan fingerprint density at radius 2 is 1.78 bits per heavy atom. The van der Waals surface area contributed by atoms with E-state index in [0.29, 0.717) is 35.1 Å². The molecule has 6 aromatic rings. The number of benzene rings is 3. The zero-order chi connectivity index (χ0) is 31.4. The number of aryl methyl sites for hydroxylation is 2. The molecule has 4 heterocycles. The van der Waals surface area contributed by atoms with Gasteiger partial charge in [0.05, 0.1) is 28.5 Å². The van der Waals surface area contributed by atoms with Crippen LogP contribution in [0, 0.1) is 25.5 Å². The van der Waals surface area contributed by atoms with E-state index in [9.17, 15) is 18.1 Å². The van der Waals surface area contributed by atoms with E-state index in [0.717, 1.165) is 50.6 Å². The standard InChI is InChI=1S/C33H27F2N5O3S2/c1-18-31(19(2)43-38-18)21-9-14-28-26(15-21)36-32(29-5-4-6-30(41)39(29)22-10-13-24(34)25(35)16-22)40(28)33-37-27(17-44-33)20-7-11-23(12-8-20)45(3)42/h7-17,29H,4-6H2,1-3H3. The largest absolute Gasteiger partial charge is 0.612 e. The second-order valence-corrected chi connectivity index (χ2v) is 13.2. The highest BCUT2D eigenvalue weighted by Gasteiger charge is 2.35. The summed E-state index contributed by atoms with van der Waals surface area (Å²) in [5.74, 6) is -0.940. The molecule has 0 aliphatic carbocycles. The highest BCUT2D eigenvalue weighted by atomic mass is 32.2. The summed E-state index contributed by atoms with van der Waals surface area (Å²) in [6, 6.07) is 16.3. The van der Waals surface area contributed by atoms with Gasteiger partial charge in [-0.15, -0.1) is 11.3 Å². The van der Waals surface area contributed by atoms with Crippen molar-refractivity contribution >= 4 is 45.1 Å². The van der Waals surface area contributed by atoms with Gasteiger partial charge in [-0.3, -0.25) is 9.36 Å². The lowest BCUT2D eigenvalue weighted by molar-refractivity contribution is -0.120. The number of nitrogens with zero attached hydrogens (tertiary/aromatic N) is 5. The van der Waals surface area contributed by atoms with Crippen molar-refractivity contribution in [2.75, 3.05) is 11.2 Å². The molecule has 228 valence electrons. The van der Waals surface area contributed by atoms with Gasteiger partial charge in [0.15, 0.2) is 21.7 Å². The first-order chi connectivity index (χ1) is 21.7. The number of carbonyl (C=O) groups is 1. The summed E-state index contributed by atoms with van der Waals surface area (Å²) in [5, 5.41) is 6.68. The van der Waals surface area contributed by atoms with Gasteiger partial charge in [0, 0.05) is 34.7 Å². The number of fused-ring (bicyclic) bond motifs is 1. The Morgan fingerprint density at radius 3 is 2.49 bits per heavy atom. The Hall–Kier alpha value is -4.39. The first-order valence-corrected chi connectivity index (χ1v) is 16.8. The van der Waals surface area contributed by atoms with Gasteiger partial charge in [-0.2, -0.15) is 0 Å². The maximum Gasteiger partial charge on any atom is 0.227 e. The third-order valence-electron chi connectivity index (χ3n) is 8.10. The van der Waals surface area contributed by atoms with E-state index in [4.69, 9.17) is 14.5 Å². The van der Waals surface area contributed by atoms with Crippen LogP contribution in [0.4, 0.5) is 14.5 Å². The van der Waals surface area contributed by atoms with Gasteiger partial charge in [0.2, 0.25) is 5.91 Å². The van der Waals surface area contributed by atoms with Gasteiger partial charge in [0.1, 0.15) is 17.8 Å². The van der Waals surface area contributed by atoms with E-state index in [1.54, 1.807) is 6.26 Å². The molecule has 45 heavy (non-hydrogen) atoms. The summed E-state index contributed by atoms with van der Waals surface area (Å²) in [5.41, 5.74) is 5.87. The molecule has 0 spiro atoms. The van der Waals surface area contributed by atoms with Crippen molar-refractivity contribution in [3.63, 3.8) is 0 Å². The number of anilines is 1. The highest BCUT2D eigenvalue weighted by Crippen LogP contribution is 2.40. The molecule has 8 nitrogen and oxygen atoms in total. The highest BCUT2D eigenvalue weighted by molar-refractivity contribution is 7.90. The minimum Gasteiger partial charge on any atom is -0.612 e. The smallest absolute Gasteiger partial charge is 0.227 e. The summed E-state index contributed by atoms with van der Waals surface area (Å²) in [6.07, 6.45) is 3.11. The maximum atomic E-state index is 14.4. The molecule has 2 unspecified atom stereocenters. The fraction of sp³-hybridized carbons (Fsp3) is 0.212. The number of hydrogen-bond acceptors (Lipinski definition) is 7. The number of halogens is 2. The fourth-order valence-electron chi connectivity index (χ4n) is 5.96. The van der Waals surface area contributed by atoms with E-state index in [1.807, 2.05) is 66.3 Å². The van der Waals surface area contributed by atoms with Gasteiger partial charge in [-0.1, -0.05) is 11.2 Å². The van der Waals surface area contributed by atoms with E-state index in [2.05, 4.69) is 5.16 Å². The zero-order valence-electron chi connectivity index (χ0n) is 24.6. The zero-order valence-corrected chi connectivity index (χ0v) is 26.2. The lowest BCUT2D eigenvalue weighted by atomic mass is 9.99. The van der Waals surface area contributed by atoms with Crippen LogP contribution in [0.2, 0.25) is 0 Å². The minimum atomic E-state index is -1.09. The van der Waals surface area contributed by atoms with Crippen LogP contribution < -0.4 is 4.90 Å². The van der Waals surface area contributed by atoms with E-state index in [-0.39, 0.29) is 18.0 Å². The molecule has 1 aliphatic rings. The normalized spacial score (nSPS) is 16.1. The van der Waals surface area contributed by atoms with Crippen molar-refractivity contribution in [3.8, 4) is 27.5 Å². The molecule has 3 aromatic carbocycles. The van der Waals surface area contributed by atoms with E-state index >= 15 is 0 Å². The number of rotatable bonds is 6. The fourth-order valence-corrected chi connectivity index (χ4v) is 7.34. The second kappa shape index (κ2) is 11.5. The van der Waals surface area contributed by atoms with Crippen LogP contribution in [0.5, 0.6) is 0 Å². The monoisotopic (exact) mass is 643 g/mol. The van der Waals surface area contributed by atoms with Crippen molar-refractivity contribution in [3.05, 3.63) is 95.0 Å². The van der Waals surface area contributed by atoms with Gasteiger partial charge in [0.25, 0.3) is 0 Å². The molecular formula is C33H27F2N5O3S2. The minimum absolute atomic E-state index is 0.194. The molecule has 0 saturated carbocycles. The van der Waals surface area contributed by atoms with Crippen molar-refractivity contribution in [2.45, 2.75) is 44.0 Å². The van der Waals surface area contributed by atoms with E-state index < -0.39 is 28.9 Å². The van der Waals surface area contributed by atoms with Crippen LogP contribution >= 0.6 is 11.3 Å². The molecular weight excluding hydrogens is 617 g/mol. The summed E-state index contributed by atoms with van der Waals surface area (Å²) in [7, 11) is 0. The van der Waals surface area contributed by atoms with Gasteiger partial charge < -0.3 is 14.0 Å². The third-order valence-corrected chi connectivity index (χ3v) is 9.86. The molecule has 1 aliphatic heterocycles. The molecule has 3 aromatic heterocycles. The Morgan fingerprint density at radius 1 is 1.00 bits per heavy atom. The van der Waals surface area contributed by atoms with Crippen LogP contribution in [-0.4, -0.2) is 36.4 Å². The lowest BCUT2D eigenvalue weighted by Crippen LogP contribution is -2.39. The number of thiazole rings is 1. The van der Waals surface area contributed by atoms with Crippen molar-refractivity contribution in [1.82, 2.24) is 19.7 Å². The number of imidazole rings is 1. The Balaban J connectivity index is 1.40. The number of amides is 1. The van der Waals surface area contributed by atoms with Crippen molar-refractivity contribution < 1.29 is 22.7 Å². The summed E-state index contributed by atoms with van der Waals surface area (Å²) in [4.78, 5) is 25.7. The summed E-state index contributed by atoms with van der Waals surface area (Å²) < 4.78 is 47.6. The SMILES string of the molecule is Cc1noc(C)c1-c1ccc2c(c1)nc(C1CCCC(=O)N1c1ccc(F)c(F)c1)n2-c1nc(-c2ccc([S+](C)[O-])cc2)cs1. The molecule has 12 heteroatoms. The number of hydrogen-bond donors (Lipinski definition) is 0. The Kier molecular flexibility index (Phi) is 7.50. The number of aromatic nitrogens is 4. The molecule has 0 bridgehead atoms. The van der Waals surface area contributed by atoms with E-state index in [1.165, 1.54) is 22.3 Å². The Bertz CT molecular complexity index is 2050. The predicted molar refractivity (Wildman–Crippen MR) is 170 cm³/mol. The van der Waals surface area contributed by atoms with Crippen LogP contribution in [0.15, 0.2) is 75.5 Å². The maximum absolute atomic E-state index is 14.4. The first-order valence-electron chi connectivity index (χ1n) is 14.3. The topological polar surface area (TPSA) is 100 Å². The van der Waals surface area contributed by atoms with Gasteiger partial charge in [-0.25, -0.2) is 18.7 Å². The molecule has 2 atom stereocenters. The molecule has 7 rings (SSSR count). The molecule has 0 N–H and O–H groups in total. The van der Waals surface area contributed by atoms with Crippen molar-refractivity contribution in [1.29, 1.82) is 0 Å². The van der Waals surface area contributed by atoms with Gasteiger partial charge in [-0.05, 0) is 92.0 Å². The quantitative estimate of drug-likeness (QED) is 0.173. The average molecular weight is 644 g/mol. The van der Waals surface area contributed by atoms with Crippen LogP contribution in [0.25, 0.3) is 38.5 Å². The van der Waals surface area contributed by atoms with Crippen LogP contribution in [-0.2, 0) is 16.0 Å². The predicted octanol–water partition coefficient (Wildman–Crippen LogP) is 7.69. The molecule has 1 amide bonds. The second-order valence-electron chi connectivity index (χ2n) is 11.0. The summed E-state index contributed by atoms with van der Waals surface area (Å²) >= 11 is 0.336. The lowest BCUT2D eigenvalue weighted by Gasteiger charge is -2.35. The summed E-state index contributed by atoms with van der Waals surface area (Å²) in [6.45, 7) is 3.74. The van der Waals surface area contributed by atoms with Crippen molar-refractivity contribution in [2.24, 2.45) is 0 Å². The first kappa shape index (κ1) is 29.3. The average Bonchev–Trinajstić information content (AvgIpc) is 3.75. The van der Waals surface area contributed by atoms with Gasteiger partial charge >= 0.3 is 0 Å². The molecule has 1 saturated heterocycles. The van der Waals surface area contributed by atoms with Crippen LogP contribution in [0.3, 0.4) is 0 Å². The molecule has 1 fully saturated rings. The molecule has 0 radical (unpaired) electrons.